The Bertz CT molecular complexity index is 899. The summed E-state index contributed by atoms with van der Waals surface area (Å²) < 4.78 is 2.23. The average molecular weight is 330 g/mol. The first-order valence-electron chi connectivity index (χ1n) is 7.92. The molecule has 0 amide bonds. The van der Waals surface area contributed by atoms with E-state index in [0.29, 0.717) is 0 Å². The van der Waals surface area contributed by atoms with E-state index in [4.69, 9.17) is 11.6 Å². The van der Waals surface area contributed by atoms with Crippen LogP contribution < -0.4 is 0 Å². The van der Waals surface area contributed by atoms with E-state index < -0.39 is 0 Å². The van der Waals surface area contributed by atoms with Gasteiger partial charge >= 0.3 is 0 Å². The van der Waals surface area contributed by atoms with Gasteiger partial charge in [-0.1, -0.05) is 84.4 Å². The van der Waals surface area contributed by atoms with Gasteiger partial charge in [0.2, 0.25) is 0 Å². The van der Waals surface area contributed by atoms with Crippen LogP contribution in [0.25, 0.3) is 28.2 Å². The lowest BCUT2D eigenvalue weighted by Gasteiger charge is -2.15. The molecular formula is C22H16ClN. The molecule has 1 heterocycles. The van der Waals surface area contributed by atoms with Crippen LogP contribution in [-0.2, 0) is 0 Å². The van der Waals surface area contributed by atoms with Crippen molar-refractivity contribution >= 4 is 11.6 Å². The van der Waals surface area contributed by atoms with Crippen LogP contribution >= 0.6 is 11.6 Å². The predicted octanol–water partition coefficient (Wildman–Crippen LogP) is 6.46. The van der Waals surface area contributed by atoms with Gasteiger partial charge in [0.05, 0.1) is 22.1 Å². The number of para-hydroxylation sites is 1. The molecule has 3 aromatic carbocycles. The molecule has 4 rings (SSSR count). The molecule has 0 aliphatic rings. The van der Waals surface area contributed by atoms with E-state index in [-0.39, 0.29) is 0 Å². The molecule has 0 radical (unpaired) electrons. The first kappa shape index (κ1) is 14.8. The Morgan fingerprint density at radius 1 is 0.500 bits per heavy atom. The quantitative estimate of drug-likeness (QED) is 0.406. The van der Waals surface area contributed by atoms with Crippen LogP contribution in [0, 0.1) is 0 Å². The number of benzene rings is 3. The minimum atomic E-state index is 0.739. The van der Waals surface area contributed by atoms with Crippen molar-refractivity contribution in [2.75, 3.05) is 0 Å². The van der Waals surface area contributed by atoms with Crippen molar-refractivity contribution in [1.82, 2.24) is 4.57 Å². The molecule has 2 heteroatoms. The summed E-state index contributed by atoms with van der Waals surface area (Å²) in [5.74, 6) is 0. The fraction of sp³-hybridized carbons (Fsp3) is 0. The highest BCUT2D eigenvalue weighted by atomic mass is 35.5. The van der Waals surface area contributed by atoms with Crippen LogP contribution in [-0.4, -0.2) is 4.57 Å². The fourth-order valence-corrected chi connectivity index (χ4v) is 3.22. The highest BCUT2D eigenvalue weighted by molar-refractivity contribution is 6.32. The maximum absolute atomic E-state index is 6.51. The monoisotopic (exact) mass is 329 g/mol. The molecule has 0 unspecified atom stereocenters. The van der Waals surface area contributed by atoms with E-state index >= 15 is 0 Å². The minimum Gasteiger partial charge on any atom is -0.308 e. The van der Waals surface area contributed by atoms with Gasteiger partial charge in [0, 0.05) is 0 Å². The molecule has 0 N–H and O–H groups in total. The van der Waals surface area contributed by atoms with Crippen LogP contribution in [0.1, 0.15) is 0 Å². The molecule has 1 nitrogen and oxygen atoms in total. The standard InChI is InChI=1S/C22H16ClN/c23-19-13-7-8-14-22(19)24-20(17-9-3-1-4-10-17)15-16-21(24)18-11-5-2-6-12-18/h1-16H. The predicted molar refractivity (Wildman–Crippen MR) is 102 cm³/mol. The molecule has 1 aromatic heterocycles. The van der Waals surface area contributed by atoms with Gasteiger partial charge < -0.3 is 4.57 Å². The van der Waals surface area contributed by atoms with Gasteiger partial charge in [-0.25, -0.2) is 0 Å². The molecule has 0 fully saturated rings. The summed E-state index contributed by atoms with van der Waals surface area (Å²) in [6, 6.07) is 33.1. The van der Waals surface area contributed by atoms with E-state index in [2.05, 4.69) is 71.3 Å². The SMILES string of the molecule is Clc1ccccc1-n1c(-c2ccccc2)ccc1-c1ccccc1. The van der Waals surface area contributed by atoms with Crippen molar-refractivity contribution in [1.29, 1.82) is 0 Å². The Hall–Kier alpha value is -2.77. The van der Waals surface area contributed by atoms with Gasteiger partial charge in [-0.3, -0.25) is 0 Å². The number of hydrogen-bond acceptors (Lipinski definition) is 0. The fourth-order valence-electron chi connectivity index (χ4n) is 3.00. The number of hydrogen-bond donors (Lipinski definition) is 0. The summed E-state index contributed by atoms with van der Waals surface area (Å²) in [7, 11) is 0. The molecule has 0 saturated carbocycles. The molecule has 0 atom stereocenters. The molecule has 116 valence electrons. The summed E-state index contributed by atoms with van der Waals surface area (Å²) in [6.07, 6.45) is 0. The van der Waals surface area contributed by atoms with Crippen LogP contribution in [0.4, 0.5) is 0 Å². The molecule has 4 aromatic rings. The molecule has 0 saturated heterocycles. The van der Waals surface area contributed by atoms with Crippen molar-refractivity contribution in [3.8, 4) is 28.2 Å². The average Bonchev–Trinajstić information content (AvgIpc) is 3.08. The van der Waals surface area contributed by atoms with Crippen LogP contribution in [0.2, 0.25) is 5.02 Å². The van der Waals surface area contributed by atoms with Gasteiger partial charge in [-0.2, -0.15) is 0 Å². The maximum Gasteiger partial charge on any atom is 0.0648 e. The van der Waals surface area contributed by atoms with Crippen molar-refractivity contribution in [2.45, 2.75) is 0 Å². The highest BCUT2D eigenvalue weighted by Crippen LogP contribution is 2.34. The molecule has 0 aliphatic heterocycles. The maximum atomic E-state index is 6.51. The van der Waals surface area contributed by atoms with Gasteiger partial charge in [-0.15, -0.1) is 0 Å². The summed E-state index contributed by atoms with van der Waals surface area (Å²) in [5, 5.41) is 0.739. The lowest BCUT2D eigenvalue weighted by atomic mass is 10.1. The lowest BCUT2D eigenvalue weighted by molar-refractivity contribution is 1.09. The Balaban J connectivity index is 2.00. The second kappa shape index (κ2) is 6.38. The van der Waals surface area contributed by atoms with Gasteiger partial charge in [0.1, 0.15) is 0 Å². The minimum absolute atomic E-state index is 0.739. The number of aromatic nitrogens is 1. The van der Waals surface area contributed by atoms with Crippen LogP contribution in [0.3, 0.4) is 0 Å². The van der Waals surface area contributed by atoms with Gasteiger partial charge in [-0.05, 0) is 35.4 Å². The van der Waals surface area contributed by atoms with Crippen LogP contribution in [0.15, 0.2) is 97.1 Å². The molecular weight excluding hydrogens is 314 g/mol. The van der Waals surface area contributed by atoms with Crippen LogP contribution in [0.5, 0.6) is 0 Å². The lowest BCUT2D eigenvalue weighted by Crippen LogP contribution is -2.00. The molecule has 24 heavy (non-hydrogen) atoms. The number of halogens is 1. The van der Waals surface area contributed by atoms with E-state index in [0.717, 1.165) is 22.1 Å². The summed E-state index contributed by atoms with van der Waals surface area (Å²) in [5.41, 5.74) is 5.58. The van der Waals surface area contributed by atoms with Crippen molar-refractivity contribution in [2.24, 2.45) is 0 Å². The van der Waals surface area contributed by atoms with E-state index in [1.165, 1.54) is 11.1 Å². The smallest absolute Gasteiger partial charge is 0.0648 e. The van der Waals surface area contributed by atoms with E-state index in [1.807, 2.05) is 30.3 Å². The first-order chi connectivity index (χ1) is 11.8. The second-order valence-corrected chi connectivity index (χ2v) is 6.03. The Kier molecular flexibility index (Phi) is 3.94. The van der Waals surface area contributed by atoms with Crippen molar-refractivity contribution < 1.29 is 0 Å². The summed E-state index contributed by atoms with van der Waals surface area (Å²) in [6.45, 7) is 0. The Labute approximate surface area is 146 Å². The largest absolute Gasteiger partial charge is 0.308 e. The Morgan fingerprint density at radius 2 is 0.958 bits per heavy atom. The third-order valence-corrected chi connectivity index (χ3v) is 4.43. The zero-order valence-electron chi connectivity index (χ0n) is 13.1. The Morgan fingerprint density at radius 3 is 1.46 bits per heavy atom. The van der Waals surface area contributed by atoms with E-state index in [9.17, 15) is 0 Å². The third-order valence-electron chi connectivity index (χ3n) is 4.11. The topological polar surface area (TPSA) is 4.93 Å². The molecule has 0 aliphatic carbocycles. The number of rotatable bonds is 3. The zero-order chi connectivity index (χ0) is 16.4. The third kappa shape index (κ3) is 2.64. The van der Waals surface area contributed by atoms with Crippen molar-refractivity contribution in [3.63, 3.8) is 0 Å². The van der Waals surface area contributed by atoms with Gasteiger partial charge in [0.25, 0.3) is 0 Å². The van der Waals surface area contributed by atoms with E-state index in [1.54, 1.807) is 0 Å². The summed E-state index contributed by atoms with van der Waals surface area (Å²) in [4.78, 5) is 0. The van der Waals surface area contributed by atoms with Crippen molar-refractivity contribution in [3.05, 3.63) is 102 Å². The molecule has 0 spiro atoms. The molecule has 0 bridgehead atoms. The summed E-state index contributed by atoms with van der Waals surface area (Å²) >= 11 is 6.51. The van der Waals surface area contributed by atoms with Gasteiger partial charge in [0.15, 0.2) is 0 Å². The normalized spacial score (nSPS) is 10.7. The first-order valence-corrected chi connectivity index (χ1v) is 8.30. The highest BCUT2D eigenvalue weighted by Gasteiger charge is 2.15. The number of nitrogens with zero attached hydrogens (tertiary/aromatic N) is 1. The second-order valence-electron chi connectivity index (χ2n) is 5.62. The zero-order valence-corrected chi connectivity index (χ0v) is 13.8.